The average Bonchev–Trinajstić information content (AvgIpc) is 1.44. The van der Waals surface area contributed by atoms with Crippen molar-refractivity contribution in [2.45, 2.75) is 137 Å². The van der Waals surface area contributed by atoms with Crippen LogP contribution in [0.4, 0.5) is 40.8 Å². The number of imidazole rings is 2. The molecule has 0 aliphatic heterocycles. The number of nitrogens with one attached hydrogen (secondary N) is 3. The van der Waals surface area contributed by atoms with E-state index >= 15 is 0 Å². The SMILES string of the molecule is CC(C)(C)O.CCN(C(C)C)C(C)C.CC[C@H](N)c1nc2cccc(F)c2c(=O)n1-c1cccc(CC(F)(F)F)c1.CC[C@H](Nc1ccnc2nc[nH]c12)c1nc2cccc(F)c2c(=O)n1-c1cccc(CC(F)(F)F)c1.Clc1ccnc2nc[nH]c12. The summed E-state index contributed by atoms with van der Waals surface area (Å²) in [5, 5.41) is 12.0. The highest BCUT2D eigenvalue weighted by Crippen LogP contribution is 2.30. The molecule has 0 spiro atoms. The number of aliphatic hydroxyl groups is 1. The van der Waals surface area contributed by atoms with Gasteiger partial charge in [-0.2, -0.15) is 26.3 Å². The van der Waals surface area contributed by atoms with Gasteiger partial charge in [0, 0.05) is 24.5 Å². The van der Waals surface area contributed by atoms with Crippen LogP contribution in [0.25, 0.3) is 55.5 Å². The average molecular weight is 1230 g/mol. The van der Waals surface area contributed by atoms with Gasteiger partial charge in [-0.15, -0.1) is 0 Å². The van der Waals surface area contributed by atoms with E-state index in [1.165, 1.54) is 83.7 Å². The molecule has 0 aliphatic carbocycles. The van der Waals surface area contributed by atoms with Gasteiger partial charge in [0.15, 0.2) is 11.3 Å². The minimum atomic E-state index is -4.43. The first-order valence-electron chi connectivity index (χ1n) is 27.9. The summed E-state index contributed by atoms with van der Waals surface area (Å²) in [7, 11) is 0. The van der Waals surface area contributed by atoms with Crippen LogP contribution in [0.5, 0.6) is 0 Å². The number of anilines is 1. The van der Waals surface area contributed by atoms with Crippen molar-refractivity contribution >= 4 is 61.4 Å². The molecule has 0 saturated heterocycles. The second kappa shape index (κ2) is 29.5. The van der Waals surface area contributed by atoms with Gasteiger partial charge in [-0.3, -0.25) is 23.6 Å². The topological polar surface area (TPSA) is 214 Å². The molecule has 6 aromatic heterocycles. The first-order chi connectivity index (χ1) is 40.9. The van der Waals surface area contributed by atoms with E-state index in [1.54, 1.807) is 58.5 Å². The van der Waals surface area contributed by atoms with Gasteiger partial charge in [0.1, 0.15) is 45.1 Å². The highest BCUT2D eigenvalue weighted by Gasteiger charge is 2.30. The third-order valence-electron chi connectivity index (χ3n) is 13.0. The van der Waals surface area contributed by atoms with E-state index in [9.17, 15) is 44.7 Å². The van der Waals surface area contributed by atoms with Crippen molar-refractivity contribution in [1.29, 1.82) is 0 Å². The lowest BCUT2D eigenvalue weighted by atomic mass is 10.1. The fraction of sp³-hybridized carbons (Fsp3) is 0.355. The zero-order valence-corrected chi connectivity index (χ0v) is 50.4. The standard InChI is InChI=1S/C25H20F4N6O.C19H17F4N3O.C8H19N.C6H4ClN3.C4H10O/c1-2-17(33-19-9-10-30-22-21(19)31-13-32-22)23-34-18-8-4-7-16(26)20(18)24(36)35(23)15-6-3-5-14(11-15)12-25(27,28)29;1-2-14(24)17-25-15-8-4-7-13(20)16(15)18(27)26(17)12-6-3-5-11(9-12)10-19(21,22)23;1-6-9(7(2)3)8(4)5;7-4-1-2-8-6-5(4)9-3-10-6;1-4(2,3)5/h3-11,13,17H,2,12H2,1H3,(H2,30,31,32,33);3-9,14H,2,10,24H2,1H3;7-8H,6H2,1-5H3;1-3H,(H,8,9,10);5H,1-3H3/t17-;14-;;;/m00.../s1. The van der Waals surface area contributed by atoms with Gasteiger partial charge in [0.25, 0.3) is 11.1 Å². The molecule has 0 amide bonds. The molecular weight excluding hydrogens is 1160 g/mol. The first-order valence-corrected chi connectivity index (χ1v) is 28.3. The fourth-order valence-corrected chi connectivity index (χ4v) is 9.50. The Labute approximate surface area is 501 Å². The molecule has 2 atom stereocenters. The molecule has 0 saturated carbocycles. The third kappa shape index (κ3) is 18.4. The van der Waals surface area contributed by atoms with Crippen molar-refractivity contribution in [1.82, 2.24) is 53.9 Å². The lowest BCUT2D eigenvalue weighted by Gasteiger charge is -2.28. The molecule has 4 aromatic carbocycles. The van der Waals surface area contributed by atoms with E-state index in [4.69, 9.17) is 22.4 Å². The number of nitrogens with two attached hydrogens (primary N) is 1. The summed E-state index contributed by atoms with van der Waals surface area (Å²) in [6.45, 7) is 21.2. The van der Waals surface area contributed by atoms with Gasteiger partial charge in [-0.1, -0.05) is 68.8 Å². The summed E-state index contributed by atoms with van der Waals surface area (Å²) < 4.78 is 109. The number of alkyl halides is 6. The molecule has 87 heavy (non-hydrogen) atoms. The molecule has 16 nitrogen and oxygen atoms in total. The quantitative estimate of drug-likeness (QED) is 0.0682. The van der Waals surface area contributed by atoms with E-state index in [1.807, 2.05) is 6.92 Å². The lowest BCUT2D eigenvalue weighted by Crippen LogP contribution is -2.36. The molecular formula is C62H70ClF8N13O3. The van der Waals surface area contributed by atoms with Crippen LogP contribution >= 0.6 is 11.6 Å². The Bertz CT molecular complexity index is 4010. The van der Waals surface area contributed by atoms with E-state index in [2.05, 4.69) is 84.7 Å². The van der Waals surface area contributed by atoms with Crippen LogP contribution in [0.2, 0.25) is 5.02 Å². The number of H-pyrrole nitrogens is 2. The van der Waals surface area contributed by atoms with Crippen LogP contribution in [0.3, 0.4) is 0 Å². The molecule has 0 aliphatic rings. The zero-order chi connectivity index (χ0) is 64.1. The maximum Gasteiger partial charge on any atom is 0.393 e. The predicted octanol–water partition coefficient (Wildman–Crippen LogP) is 14.0. The van der Waals surface area contributed by atoms with Crippen molar-refractivity contribution in [2.75, 3.05) is 11.9 Å². The number of benzene rings is 4. The van der Waals surface area contributed by atoms with Gasteiger partial charge in [0.05, 0.1) is 76.3 Å². The van der Waals surface area contributed by atoms with Crippen LogP contribution in [-0.4, -0.2) is 95.6 Å². The predicted molar refractivity (Wildman–Crippen MR) is 325 cm³/mol. The molecule has 25 heteroatoms. The number of halogens is 9. The Hall–Kier alpha value is -8.19. The monoisotopic (exact) mass is 1230 g/mol. The van der Waals surface area contributed by atoms with Crippen LogP contribution < -0.4 is 22.2 Å². The van der Waals surface area contributed by atoms with Crippen molar-refractivity contribution in [3.05, 3.63) is 182 Å². The number of hydrogen-bond donors (Lipinski definition) is 5. The van der Waals surface area contributed by atoms with Gasteiger partial charge < -0.3 is 26.1 Å². The second-order valence-corrected chi connectivity index (χ2v) is 22.0. The largest absolute Gasteiger partial charge is 0.393 e. The molecule has 0 bridgehead atoms. The summed E-state index contributed by atoms with van der Waals surface area (Å²) in [5.74, 6) is -1.10. The van der Waals surface area contributed by atoms with Gasteiger partial charge in [0.2, 0.25) is 0 Å². The fourth-order valence-electron chi connectivity index (χ4n) is 9.30. The third-order valence-corrected chi connectivity index (χ3v) is 13.3. The van der Waals surface area contributed by atoms with Crippen LogP contribution in [0.1, 0.15) is 117 Å². The van der Waals surface area contributed by atoms with Crippen molar-refractivity contribution in [2.24, 2.45) is 5.73 Å². The van der Waals surface area contributed by atoms with E-state index in [0.29, 0.717) is 52.4 Å². The maximum atomic E-state index is 14.7. The summed E-state index contributed by atoms with van der Waals surface area (Å²) in [4.78, 5) is 60.1. The highest BCUT2D eigenvalue weighted by molar-refractivity contribution is 6.34. The van der Waals surface area contributed by atoms with E-state index < -0.39 is 65.6 Å². The molecule has 10 rings (SSSR count). The lowest BCUT2D eigenvalue weighted by molar-refractivity contribution is -0.128. The molecule has 10 aromatic rings. The molecule has 464 valence electrons. The Morgan fingerprint density at radius 1 is 0.632 bits per heavy atom. The normalized spacial score (nSPS) is 12.5. The summed E-state index contributed by atoms with van der Waals surface area (Å²) in [6.07, 6.45) is -3.94. The maximum absolute atomic E-state index is 14.7. The van der Waals surface area contributed by atoms with Crippen LogP contribution in [0.15, 0.2) is 132 Å². The van der Waals surface area contributed by atoms with Gasteiger partial charge in [-0.05, 0) is 140 Å². The van der Waals surface area contributed by atoms with E-state index in [-0.39, 0.29) is 56.0 Å². The summed E-state index contributed by atoms with van der Waals surface area (Å²) in [5.41, 5.74) is 7.98. The van der Waals surface area contributed by atoms with Crippen molar-refractivity contribution < 1.29 is 40.2 Å². The van der Waals surface area contributed by atoms with Crippen molar-refractivity contribution in [3.8, 4) is 11.4 Å². The summed E-state index contributed by atoms with van der Waals surface area (Å²) in [6, 6.07) is 22.8. The minimum absolute atomic E-state index is 0.0171. The Kier molecular flexibility index (Phi) is 23.0. The number of pyridine rings is 2. The zero-order valence-electron chi connectivity index (χ0n) is 49.7. The number of aromatic nitrogens is 10. The first kappa shape index (κ1) is 67.9. The molecule has 6 N–H and O–H groups in total. The Balaban J connectivity index is 0.000000205. The van der Waals surface area contributed by atoms with E-state index in [0.717, 1.165) is 28.8 Å². The smallest absolute Gasteiger partial charge is 0.391 e. The number of aromatic amines is 2. The molecule has 0 radical (unpaired) electrons. The van der Waals surface area contributed by atoms with Crippen LogP contribution in [0, 0.1) is 11.6 Å². The number of hydrogen-bond acceptors (Lipinski definition) is 12. The van der Waals surface area contributed by atoms with Gasteiger partial charge in [-0.25, -0.2) is 38.7 Å². The minimum Gasteiger partial charge on any atom is -0.391 e. The van der Waals surface area contributed by atoms with Crippen LogP contribution in [-0.2, 0) is 12.8 Å². The number of nitrogens with zero attached hydrogens (tertiary/aromatic N) is 9. The van der Waals surface area contributed by atoms with Crippen molar-refractivity contribution in [3.63, 3.8) is 0 Å². The Morgan fingerprint density at radius 2 is 1.07 bits per heavy atom. The summed E-state index contributed by atoms with van der Waals surface area (Å²) >= 11 is 5.79. The number of rotatable bonds is 13. The molecule has 0 fully saturated rings. The second-order valence-electron chi connectivity index (χ2n) is 21.6. The number of fused-ring (bicyclic) bond motifs is 4. The molecule has 6 heterocycles. The molecule has 0 unspecified atom stereocenters. The van der Waals surface area contributed by atoms with Gasteiger partial charge >= 0.3 is 12.4 Å². The Morgan fingerprint density at radius 3 is 1.49 bits per heavy atom. The highest BCUT2D eigenvalue weighted by atomic mass is 35.5.